The smallest absolute Gasteiger partial charge is 0.168 e. The molecule has 1 N–H and O–H groups in total. The van der Waals surface area contributed by atoms with Crippen LogP contribution < -0.4 is 0 Å². The molecule has 1 aliphatic carbocycles. The van der Waals surface area contributed by atoms with Gasteiger partial charge in [0.1, 0.15) is 5.76 Å². The number of hydrogen-bond donors (Lipinski definition) is 1. The number of allylic oxidation sites excluding steroid dienone is 2. The molecule has 1 aromatic rings. The van der Waals surface area contributed by atoms with Crippen LogP contribution in [0.4, 0.5) is 0 Å². The highest BCUT2D eigenvalue weighted by molar-refractivity contribution is 8.00. The minimum absolute atomic E-state index is 0.0191. The highest BCUT2D eigenvalue weighted by Crippen LogP contribution is 2.33. The Balaban J connectivity index is 2.07. The van der Waals surface area contributed by atoms with Gasteiger partial charge in [0.05, 0.1) is 5.57 Å². The number of carbonyl (C=O) groups excluding carboxylic acids is 1. The van der Waals surface area contributed by atoms with Gasteiger partial charge in [-0.15, -0.1) is 11.8 Å². The summed E-state index contributed by atoms with van der Waals surface area (Å²) in [5.74, 6) is 0.149. The first-order valence-corrected chi connectivity index (χ1v) is 7.25. The van der Waals surface area contributed by atoms with Crippen molar-refractivity contribution in [1.82, 2.24) is 0 Å². The fourth-order valence-electron chi connectivity index (χ4n) is 1.98. The zero-order valence-corrected chi connectivity index (χ0v) is 11.7. The lowest BCUT2D eigenvalue weighted by Crippen LogP contribution is -2.22. The molecule has 100 valence electrons. The molecule has 1 unspecified atom stereocenters. The van der Waals surface area contributed by atoms with Gasteiger partial charge >= 0.3 is 0 Å². The second kappa shape index (κ2) is 6.57. The van der Waals surface area contributed by atoms with Crippen molar-refractivity contribution in [3.63, 3.8) is 0 Å². The minimum atomic E-state index is -0.0191. The summed E-state index contributed by atoms with van der Waals surface area (Å²) in [4.78, 5) is 17.1. The third kappa shape index (κ3) is 3.70. The van der Waals surface area contributed by atoms with Crippen LogP contribution in [0.3, 0.4) is 0 Å². The van der Waals surface area contributed by atoms with Crippen LogP contribution in [0.1, 0.15) is 19.8 Å². The van der Waals surface area contributed by atoms with Gasteiger partial charge < -0.3 is 5.11 Å². The number of nitrogens with zero attached hydrogens (tertiary/aromatic N) is 1. The first-order valence-electron chi connectivity index (χ1n) is 6.37. The largest absolute Gasteiger partial charge is 0.511 e. The fraction of sp³-hybridized carbons (Fsp3) is 0.333. The van der Waals surface area contributed by atoms with Gasteiger partial charge in [-0.05, 0) is 19.1 Å². The number of benzene rings is 1. The van der Waals surface area contributed by atoms with Gasteiger partial charge in [-0.3, -0.25) is 9.79 Å². The van der Waals surface area contributed by atoms with E-state index in [1.807, 2.05) is 37.3 Å². The van der Waals surface area contributed by atoms with Gasteiger partial charge in [0, 0.05) is 35.7 Å². The molecule has 2 rings (SSSR count). The maximum absolute atomic E-state index is 12.0. The average molecular weight is 275 g/mol. The van der Waals surface area contributed by atoms with Gasteiger partial charge in [0.25, 0.3) is 0 Å². The first-order chi connectivity index (χ1) is 9.20. The van der Waals surface area contributed by atoms with Crippen LogP contribution >= 0.6 is 11.8 Å². The van der Waals surface area contributed by atoms with Gasteiger partial charge in [0.15, 0.2) is 5.78 Å². The Hall–Kier alpha value is -1.55. The minimum Gasteiger partial charge on any atom is -0.511 e. The van der Waals surface area contributed by atoms with E-state index in [0.717, 1.165) is 4.90 Å². The van der Waals surface area contributed by atoms with Crippen molar-refractivity contribution in [2.75, 3.05) is 6.54 Å². The molecule has 1 aliphatic rings. The Kier molecular flexibility index (Phi) is 4.80. The van der Waals surface area contributed by atoms with E-state index in [1.54, 1.807) is 11.8 Å². The van der Waals surface area contributed by atoms with Crippen molar-refractivity contribution in [1.29, 1.82) is 0 Å². The second-order valence-corrected chi connectivity index (χ2v) is 5.75. The van der Waals surface area contributed by atoms with Crippen LogP contribution in [0.15, 0.2) is 51.6 Å². The topological polar surface area (TPSA) is 49.7 Å². The second-order valence-electron chi connectivity index (χ2n) is 4.37. The molecule has 0 heterocycles. The van der Waals surface area contributed by atoms with Crippen molar-refractivity contribution >= 4 is 23.8 Å². The van der Waals surface area contributed by atoms with E-state index in [9.17, 15) is 9.90 Å². The maximum Gasteiger partial charge on any atom is 0.168 e. The van der Waals surface area contributed by atoms with Crippen molar-refractivity contribution in [2.24, 2.45) is 4.99 Å². The van der Waals surface area contributed by atoms with E-state index in [1.165, 1.54) is 6.21 Å². The number of ketones is 1. The van der Waals surface area contributed by atoms with E-state index in [0.29, 0.717) is 25.0 Å². The predicted molar refractivity (Wildman–Crippen MR) is 79.0 cm³/mol. The number of rotatable bonds is 4. The van der Waals surface area contributed by atoms with E-state index < -0.39 is 0 Å². The lowest BCUT2D eigenvalue weighted by molar-refractivity contribution is -0.115. The quantitative estimate of drug-likeness (QED) is 0.857. The molecular weight excluding hydrogens is 258 g/mol. The molecule has 0 amide bonds. The van der Waals surface area contributed by atoms with Gasteiger partial charge in [0.2, 0.25) is 0 Å². The Morgan fingerprint density at radius 2 is 2.11 bits per heavy atom. The number of hydrogen-bond acceptors (Lipinski definition) is 4. The zero-order chi connectivity index (χ0) is 13.7. The van der Waals surface area contributed by atoms with Crippen LogP contribution in [-0.2, 0) is 4.79 Å². The highest BCUT2D eigenvalue weighted by atomic mass is 32.2. The first kappa shape index (κ1) is 13.9. The summed E-state index contributed by atoms with van der Waals surface area (Å²) < 4.78 is 0. The molecule has 0 spiro atoms. The molecule has 0 fully saturated rings. The average Bonchev–Trinajstić information content (AvgIpc) is 2.39. The third-order valence-corrected chi connectivity index (χ3v) is 4.11. The molecule has 1 aromatic carbocycles. The van der Waals surface area contributed by atoms with Crippen molar-refractivity contribution in [3.8, 4) is 0 Å². The van der Waals surface area contributed by atoms with Gasteiger partial charge in [-0.1, -0.05) is 18.2 Å². The molecule has 0 saturated carbocycles. The lowest BCUT2D eigenvalue weighted by Gasteiger charge is -2.21. The van der Waals surface area contributed by atoms with Crippen LogP contribution in [0.25, 0.3) is 0 Å². The van der Waals surface area contributed by atoms with Crippen LogP contribution in [0.5, 0.6) is 0 Å². The molecule has 1 atom stereocenters. The summed E-state index contributed by atoms with van der Waals surface area (Å²) in [5.41, 5.74) is 0.381. The molecule has 0 bridgehead atoms. The number of carbonyl (C=O) groups is 1. The molecule has 0 aromatic heterocycles. The highest BCUT2D eigenvalue weighted by Gasteiger charge is 2.27. The summed E-state index contributed by atoms with van der Waals surface area (Å²) in [7, 11) is 0. The molecule has 0 aliphatic heterocycles. The summed E-state index contributed by atoms with van der Waals surface area (Å²) in [6.45, 7) is 2.52. The molecule has 3 nitrogen and oxygen atoms in total. The standard InChI is InChI=1S/C15H17NO2S/c1-2-16-10-13-14(17)8-12(9-15(13)18)19-11-6-4-3-5-7-11/h3-7,10,12,17H,2,8-9H2,1H3. The number of Topliss-reactive ketones (excluding diaryl/α,β-unsaturated/α-hetero) is 1. The van der Waals surface area contributed by atoms with Crippen LogP contribution in [0.2, 0.25) is 0 Å². The predicted octanol–water partition coefficient (Wildman–Crippen LogP) is 3.41. The fourth-order valence-corrected chi connectivity index (χ4v) is 3.15. The number of aliphatic hydroxyl groups is 1. The van der Waals surface area contributed by atoms with Crippen LogP contribution in [-0.4, -0.2) is 28.9 Å². The van der Waals surface area contributed by atoms with E-state index in [-0.39, 0.29) is 16.8 Å². The van der Waals surface area contributed by atoms with Crippen molar-refractivity contribution < 1.29 is 9.90 Å². The van der Waals surface area contributed by atoms with E-state index in [2.05, 4.69) is 4.99 Å². The van der Waals surface area contributed by atoms with E-state index >= 15 is 0 Å². The third-order valence-electron chi connectivity index (χ3n) is 2.89. The Morgan fingerprint density at radius 1 is 1.37 bits per heavy atom. The van der Waals surface area contributed by atoms with Crippen molar-refractivity contribution in [2.45, 2.75) is 29.9 Å². The summed E-state index contributed by atoms with van der Waals surface area (Å²) in [6.07, 6.45) is 2.48. The van der Waals surface area contributed by atoms with Gasteiger partial charge in [-0.25, -0.2) is 0 Å². The number of aliphatic imine (C=N–C) groups is 1. The van der Waals surface area contributed by atoms with E-state index in [4.69, 9.17) is 0 Å². The molecular formula is C15H17NO2S. The van der Waals surface area contributed by atoms with Crippen molar-refractivity contribution in [3.05, 3.63) is 41.7 Å². The zero-order valence-electron chi connectivity index (χ0n) is 10.9. The summed E-state index contributed by atoms with van der Waals surface area (Å²) in [5, 5.41) is 10.1. The Labute approximate surface area is 117 Å². The number of aliphatic hydroxyl groups excluding tert-OH is 1. The number of thioether (sulfide) groups is 1. The molecule has 19 heavy (non-hydrogen) atoms. The molecule has 0 radical (unpaired) electrons. The van der Waals surface area contributed by atoms with Gasteiger partial charge in [-0.2, -0.15) is 0 Å². The maximum atomic E-state index is 12.0. The summed E-state index contributed by atoms with van der Waals surface area (Å²) >= 11 is 1.64. The Bertz CT molecular complexity index is 508. The lowest BCUT2D eigenvalue weighted by atomic mass is 9.96. The monoisotopic (exact) mass is 275 g/mol. The summed E-state index contributed by atoms with van der Waals surface area (Å²) in [6, 6.07) is 9.95. The SMILES string of the molecule is CCN=CC1=C(O)CC(Sc2ccccc2)CC1=O. The molecule has 0 saturated heterocycles. The van der Waals surface area contributed by atoms with Crippen LogP contribution in [0, 0.1) is 0 Å². The molecule has 4 heteroatoms. The normalized spacial score (nSPS) is 20.3. The Morgan fingerprint density at radius 3 is 2.74 bits per heavy atom.